The summed E-state index contributed by atoms with van der Waals surface area (Å²) in [6.07, 6.45) is 2.60. The summed E-state index contributed by atoms with van der Waals surface area (Å²) in [4.78, 5) is 24.6. The van der Waals surface area contributed by atoms with Gasteiger partial charge in [0.25, 0.3) is 11.5 Å². The molecule has 1 fully saturated rings. The summed E-state index contributed by atoms with van der Waals surface area (Å²) in [7, 11) is 1.51. The Labute approximate surface area is 149 Å². The van der Waals surface area contributed by atoms with Crippen LogP contribution in [0, 0.1) is 5.92 Å². The molecule has 1 aliphatic rings. The summed E-state index contributed by atoms with van der Waals surface area (Å²) >= 11 is 0. The molecule has 0 spiro atoms. The van der Waals surface area contributed by atoms with Gasteiger partial charge in [0.15, 0.2) is 5.69 Å². The zero-order valence-corrected chi connectivity index (χ0v) is 14.5. The number of furan rings is 1. The maximum atomic E-state index is 12.4. The maximum absolute atomic E-state index is 12.4. The maximum Gasteiger partial charge on any atom is 0.292 e. The minimum atomic E-state index is -0.490. The van der Waals surface area contributed by atoms with E-state index < -0.39 is 5.91 Å². The van der Waals surface area contributed by atoms with E-state index in [1.165, 1.54) is 13.3 Å². The van der Waals surface area contributed by atoms with Crippen LogP contribution in [0.1, 0.15) is 41.3 Å². The monoisotopic (exact) mass is 350 g/mol. The first-order valence-electron chi connectivity index (χ1n) is 8.44. The van der Waals surface area contributed by atoms with Crippen LogP contribution in [0.4, 0.5) is 0 Å². The van der Waals surface area contributed by atoms with E-state index in [9.17, 15) is 9.59 Å². The van der Waals surface area contributed by atoms with E-state index in [0.717, 1.165) is 16.9 Å². The van der Waals surface area contributed by atoms with Gasteiger partial charge in [-0.15, -0.1) is 0 Å². The number of aromatic nitrogens is 2. The number of fused-ring (bicyclic) bond motifs is 1. The summed E-state index contributed by atoms with van der Waals surface area (Å²) in [5.74, 6) is 2.20. The van der Waals surface area contributed by atoms with E-state index in [0.29, 0.717) is 28.4 Å². The molecule has 1 saturated carbocycles. The largest absolute Gasteiger partial charge is 0.460 e. The molecule has 0 aliphatic heterocycles. The van der Waals surface area contributed by atoms with Crippen molar-refractivity contribution >= 4 is 22.9 Å². The third-order valence-corrected chi connectivity index (χ3v) is 4.65. The molecular weight excluding hydrogens is 332 g/mol. The Kier molecular flexibility index (Phi) is 3.91. The van der Waals surface area contributed by atoms with Crippen molar-refractivity contribution in [1.82, 2.24) is 15.2 Å². The van der Waals surface area contributed by atoms with Crippen molar-refractivity contribution in [1.29, 1.82) is 0 Å². The van der Waals surface area contributed by atoms with Gasteiger partial charge in [0.05, 0.1) is 11.6 Å². The molecule has 2 aromatic heterocycles. The van der Waals surface area contributed by atoms with Gasteiger partial charge in [0.1, 0.15) is 11.5 Å². The lowest BCUT2D eigenvalue weighted by molar-refractivity contribution is 0.0950. The van der Waals surface area contributed by atoms with Gasteiger partial charge in [-0.3, -0.25) is 9.59 Å². The molecule has 1 aliphatic carbocycles. The van der Waals surface area contributed by atoms with Crippen molar-refractivity contribution < 1.29 is 9.21 Å². The molecule has 2 heterocycles. The lowest BCUT2D eigenvalue weighted by atomic mass is 10.1. The Hall–Kier alpha value is -3.22. The number of nitrogens with one attached hydrogen (secondary N) is 1. The lowest BCUT2D eigenvalue weighted by Gasteiger charge is -2.06. The highest BCUT2D eigenvalue weighted by atomic mass is 16.3. The van der Waals surface area contributed by atoms with E-state index in [4.69, 9.17) is 4.42 Å². The fourth-order valence-corrected chi connectivity index (χ4v) is 3.03. The van der Waals surface area contributed by atoms with Crippen molar-refractivity contribution in [2.45, 2.75) is 19.3 Å². The van der Waals surface area contributed by atoms with Crippen LogP contribution in [0.2, 0.25) is 0 Å². The number of amides is 1. The quantitative estimate of drug-likeness (QED) is 0.578. The molecule has 2 atom stereocenters. The molecule has 26 heavy (non-hydrogen) atoms. The van der Waals surface area contributed by atoms with Crippen LogP contribution in [0.25, 0.3) is 10.8 Å². The third kappa shape index (κ3) is 2.92. The van der Waals surface area contributed by atoms with Gasteiger partial charge >= 0.3 is 0 Å². The standard InChI is InChI=1S/C19H18N4O3/c1-11-9-15(11)16-8-7-12(26-16)10-20-21-18(24)17-13-5-3-4-6-14(13)19(25)23(2)22-17/h3-8,10-11,15H,9H2,1-2H3,(H,21,24)/b20-10-/t11-,15-/m0/s1. The smallest absolute Gasteiger partial charge is 0.292 e. The van der Waals surface area contributed by atoms with Gasteiger partial charge in [-0.1, -0.05) is 25.1 Å². The summed E-state index contributed by atoms with van der Waals surface area (Å²) < 4.78 is 6.86. The second kappa shape index (κ2) is 6.25. The van der Waals surface area contributed by atoms with Crippen LogP contribution < -0.4 is 11.0 Å². The van der Waals surface area contributed by atoms with Crippen molar-refractivity contribution in [3.63, 3.8) is 0 Å². The number of hydrogen-bond acceptors (Lipinski definition) is 5. The predicted octanol–water partition coefficient (Wildman–Crippen LogP) is 2.41. The zero-order chi connectivity index (χ0) is 18.3. The van der Waals surface area contributed by atoms with Crippen LogP contribution in [0.15, 0.2) is 50.7 Å². The molecule has 0 radical (unpaired) electrons. The van der Waals surface area contributed by atoms with Gasteiger partial charge in [-0.05, 0) is 30.5 Å². The molecule has 1 aromatic carbocycles. The lowest BCUT2D eigenvalue weighted by Crippen LogP contribution is -2.27. The molecule has 4 rings (SSSR count). The first-order chi connectivity index (χ1) is 12.5. The first kappa shape index (κ1) is 16.3. The van der Waals surface area contributed by atoms with E-state index in [-0.39, 0.29) is 11.3 Å². The molecular formula is C19H18N4O3. The number of nitrogens with zero attached hydrogens (tertiary/aromatic N) is 3. The minimum absolute atomic E-state index is 0.145. The number of hydrogen-bond donors (Lipinski definition) is 1. The van der Waals surface area contributed by atoms with Crippen LogP contribution in [0.3, 0.4) is 0 Å². The molecule has 3 aromatic rings. The summed E-state index contributed by atoms with van der Waals surface area (Å²) in [6.45, 7) is 2.19. The van der Waals surface area contributed by atoms with Crippen molar-refractivity contribution in [2.75, 3.05) is 0 Å². The van der Waals surface area contributed by atoms with Crippen molar-refractivity contribution in [2.24, 2.45) is 18.1 Å². The number of hydrazone groups is 1. The molecule has 0 saturated heterocycles. The Morgan fingerprint density at radius 2 is 2.04 bits per heavy atom. The Morgan fingerprint density at radius 1 is 1.31 bits per heavy atom. The zero-order valence-electron chi connectivity index (χ0n) is 14.5. The molecule has 7 nitrogen and oxygen atoms in total. The molecule has 0 unspecified atom stereocenters. The van der Waals surface area contributed by atoms with E-state index >= 15 is 0 Å². The summed E-state index contributed by atoms with van der Waals surface area (Å²) in [5, 5.41) is 8.94. The van der Waals surface area contributed by atoms with Crippen LogP contribution in [0.5, 0.6) is 0 Å². The average Bonchev–Trinajstić information content (AvgIpc) is 3.18. The number of rotatable bonds is 4. The Bertz CT molecular complexity index is 1080. The second-order valence-electron chi connectivity index (χ2n) is 6.58. The van der Waals surface area contributed by atoms with Crippen LogP contribution >= 0.6 is 0 Å². The molecule has 0 bridgehead atoms. The molecule has 132 valence electrons. The summed E-state index contributed by atoms with van der Waals surface area (Å²) in [5.41, 5.74) is 2.34. The topological polar surface area (TPSA) is 89.5 Å². The SMILES string of the molecule is C[C@H]1C[C@@H]1c1ccc(/C=N\NC(=O)c2nn(C)c(=O)c3ccccc23)o1. The predicted molar refractivity (Wildman–Crippen MR) is 97.3 cm³/mol. The van der Waals surface area contributed by atoms with Crippen molar-refractivity contribution in [3.8, 4) is 0 Å². The number of aryl methyl sites for hydroxylation is 1. The van der Waals surface area contributed by atoms with E-state index in [2.05, 4.69) is 22.5 Å². The fraction of sp³-hybridized carbons (Fsp3) is 0.263. The number of benzene rings is 1. The normalized spacial score (nSPS) is 19.2. The van der Waals surface area contributed by atoms with Gasteiger partial charge in [0.2, 0.25) is 0 Å². The summed E-state index contributed by atoms with van der Waals surface area (Å²) in [6, 6.07) is 10.6. The number of carbonyl (C=O) groups is 1. The average molecular weight is 350 g/mol. The highest BCUT2D eigenvalue weighted by molar-refractivity contribution is 6.04. The second-order valence-corrected chi connectivity index (χ2v) is 6.58. The number of carbonyl (C=O) groups excluding carboxylic acids is 1. The highest BCUT2D eigenvalue weighted by Gasteiger charge is 2.36. The minimum Gasteiger partial charge on any atom is -0.460 e. The van der Waals surface area contributed by atoms with Gasteiger partial charge in [0, 0.05) is 18.4 Å². The Balaban J connectivity index is 1.53. The molecule has 1 N–H and O–H groups in total. The third-order valence-electron chi connectivity index (χ3n) is 4.65. The van der Waals surface area contributed by atoms with Crippen molar-refractivity contribution in [3.05, 3.63) is 64.0 Å². The molecule has 1 amide bonds. The fourth-order valence-electron chi connectivity index (χ4n) is 3.03. The highest BCUT2D eigenvalue weighted by Crippen LogP contribution is 2.47. The van der Waals surface area contributed by atoms with Gasteiger partial charge < -0.3 is 4.42 Å². The Morgan fingerprint density at radius 3 is 2.77 bits per heavy atom. The van der Waals surface area contributed by atoms with Gasteiger partial charge in [-0.2, -0.15) is 10.2 Å². The van der Waals surface area contributed by atoms with Crippen LogP contribution in [-0.2, 0) is 7.05 Å². The first-order valence-corrected chi connectivity index (χ1v) is 8.44. The van der Waals surface area contributed by atoms with E-state index in [1.54, 1.807) is 24.3 Å². The van der Waals surface area contributed by atoms with Gasteiger partial charge in [-0.25, -0.2) is 10.1 Å². The molecule has 7 heteroatoms. The van der Waals surface area contributed by atoms with Crippen LogP contribution in [-0.4, -0.2) is 21.9 Å². The van der Waals surface area contributed by atoms with E-state index in [1.807, 2.05) is 12.1 Å².